The number of aromatic carboxylic acids is 1. The fraction of sp³-hybridized carbons (Fsp3) is 0. The number of nitriles is 1. The normalized spacial score (nSPS) is 10.9. The van der Waals surface area contributed by atoms with E-state index >= 15 is 0 Å². The Morgan fingerprint density at radius 2 is 2.30 bits per heavy atom. The van der Waals surface area contributed by atoms with E-state index in [1.807, 2.05) is 0 Å². The smallest absolute Gasteiger partial charge is 0.341 e. The van der Waals surface area contributed by atoms with Gasteiger partial charge in [0.1, 0.15) is 28.7 Å². The number of nitrogens with one attached hydrogen (secondary N) is 2. The van der Waals surface area contributed by atoms with Crippen LogP contribution in [-0.2, 0) is 0 Å². The SMILES string of the molecule is N#CC(=CNc1c([N+](=O)[O-])ccc(F)c1C(=O)O)c1nn[nH]n1. The van der Waals surface area contributed by atoms with E-state index in [-0.39, 0.29) is 11.4 Å². The van der Waals surface area contributed by atoms with Gasteiger partial charge in [0.25, 0.3) is 5.69 Å². The molecule has 3 N–H and O–H groups in total. The number of halogens is 1. The number of nitro groups is 1. The Balaban J connectivity index is 2.54. The van der Waals surface area contributed by atoms with Crippen LogP contribution in [-0.4, -0.2) is 36.6 Å². The summed E-state index contributed by atoms with van der Waals surface area (Å²) < 4.78 is 13.7. The maximum Gasteiger partial charge on any atom is 0.341 e. The Labute approximate surface area is 126 Å². The summed E-state index contributed by atoms with van der Waals surface area (Å²) >= 11 is 0. The first-order valence-electron chi connectivity index (χ1n) is 5.76. The minimum absolute atomic E-state index is 0.129. The molecule has 0 radical (unpaired) electrons. The molecule has 0 aliphatic heterocycles. The molecule has 1 aromatic heterocycles. The van der Waals surface area contributed by atoms with Crippen molar-refractivity contribution < 1.29 is 19.2 Å². The lowest BCUT2D eigenvalue weighted by molar-refractivity contribution is -0.384. The molecule has 0 amide bonds. The Morgan fingerprint density at radius 3 is 2.83 bits per heavy atom. The molecular weight excluding hydrogens is 313 g/mol. The van der Waals surface area contributed by atoms with Crippen molar-refractivity contribution in [2.75, 3.05) is 5.32 Å². The van der Waals surface area contributed by atoms with Gasteiger partial charge in [0, 0.05) is 12.3 Å². The molecule has 116 valence electrons. The molecule has 0 spiro atoms. The third-order valence-electron chi connectivity index (χ3n) is 2.61. The summed E-state index contributed by atoms with van der Waals surface area (Å²) in [4.78, 5) is 21.2. The molecule has 0 bridgehead atoms. The summed E-state index contributed by atoms with van der Waals surface area (Å²) in [5, 5.41) is 43.6. The van der Waals surface area contributed by atoms with Crippen molar-refractivity contribution in [3.63, 3.8) is 0 Å². The third kappa shape index (κ3) is 3.08. The number of carboxylic acid groups (broad SMARTS) is 1. The number of rotatable bonds is 5. The molecule has 2 rings (SSSR count). The number of benzene rings is 1. The van der Waals surface area contributed by atoms with Gasteiger partial charge in [-0.1, -0.05) is 0 Å². The number of H-pyrrole nitrogens is 1. The second-order valence-electron chi connectivity index (χ2n) is 3.93. The number of anilines is 1. The van der Waals surface area contributed by atoms with E-state index in [1.54, 1.807) is 6.07 Å². The van der Waals surface area contributed by atoms with Gasteiger partial charge < -0.3 is 10.4 Å². The van der Waals surface area contributed by atoms with Crippen LogP contribution < -0.4 is 5.32 Å². The van der Waals surface area contributed by atoms with Gasteiger partial charge in [-0.2, -0.15) is 10.5 Å². The van der Waals surface area contributed by atoms with Crippen LogP contribution in [0.2, 0.25) is 0 Å². The Bertz CT molecular complexity index is 841. The lowest BCUT2D eigenvalue weighted by Gasteiger charge is -2.07. The molecule has 1 heterocycles. The number of nitrogens with zero attached hydrogens (tertiary/aromatic N) is 5. The molecule has 23 heavy (non-hydrogen) atoms. The number of carbonyl (C=O) groups is 1. The maximum absolute atomic E-state index is 13.7. The lowest BCUT2D eigenvalue weighted by atomic mass is 10.1. The number of allylic oxidation sites excluding steroid dienone is 1. The van der Waals surface area contributed by atoms with Crippen molar-refractivity contribution in [1.29, 1.82) is 5.26 Å². The fourth-order valence-electron chi connectivity index (χ4n) is 1.64. The Hall–Kier alpha value is -3.88. The van der Waals surface area contributed by atoms with Gasteiger partial charge >= 0.3 is 5.97 Å². The van der Waals surface area contributed by atoms with Crippen molar-refractivity contribution in [2.24, 2.45) is 0 Å². The third-order valence-corrected chi connectivity index (χ3v) is 2.61. The molecule has 0 saturated carbocycles. The van der Waals surface area contributed by atoms with Crippen molar-refractivity contribution in [2.45, 2.75) is 0 Å². The second-order valence-corrected chi connectivity index (χ2v) is 3.93. The number of carboxylic acids is 1. The van der Waals surface area contributed by atoms with Crippen molar-refractivity contribution in [1.82, 2.24) is 20.6 Å². The molecule has 0 aliphatic rings. The fourth-order valence-corrected chi connectivity index (χ4v) is 1.64. The lowest BCUT2D eigenvalue weighted by Crippen LogP contribution is -2.08. The van der Waals surface area contributed by atoms with Gasteiger partial charge in [-0.25, -0.2) is 9.18 Å². The molecule has 2 aromatic rings. The largest absolute Gasteiger partial charge is 0.478 e. The Morgan fingerprint density at radius 1 is 1.57 bits per heavy atom. The number of tetrazole rings is 1. The van der Waals surface area contributed by atoms with Crippen LogP contribution in [0.3, 0.4) is 0 Å². The van der Waals surface area contributed by atoms with Crippen molar-refractivity contribution >= 4 is 22.9 Å². The standard InChI is InChI=1S/C11H6FN7O4/c12-6-1-2-7(19(22)23)9(8(6)11(20)21)14-4-5(3-13)10-15-17-18-16-10/h1-2,4,14H,(H,20,21)(H,15,16,17,18). The molecule has 0 saturated heterocycles. The quantitative estimate of drug-likeness (QED) is 0.411. The van der Waals surface area contributed by atoms with E-state index in [4.69, 9.17) is 10.4 Å². The first-order chi connectivity index (χ1) is 11.0. The van der Waals surface area contributed by atoms with E-state index in [2.05, 4.69) is 25.9 Å². The van der Waals surface area contributed by atoms with E-state index in [0.717, 1.165) is 12.3 Å². The minimum atomic E-state index is -1.71. The monoisotopic (exact) mass is 319 g/mol. The highest BCUT2D eigenvalue weighted by molar-refractivity contribution is 5.97. The van der Waals surface area contributed by atoms with Crippen LogP contribution in [0.1, 0.15) is 16.2 Å². The molecule has 0 unspecified atom stereocenters. The number of hydrogen-bond donors (Lipinski definition) is 3. The topological polar surface area (TPSA) is 171 Å². The van der Waals surface area contributed by atoms with E-state index < -0.39 is 33.6 Å². The highest BCUT2D eigenvalue weighted by Crippen LogP contribution is 2.31. The van der Waals surface area contributed by atoms with Crippen molar-refractivity contribution in [3.8, 4) is 6.07 Å². The molecular formula is C11H6FN7O4. The van der Waals surface area contributed by atoms with Crippen molar-refractivity contribution in [3.05, 3.63) is 45.7 Å². The van der Waals surface area contributed by atoms with Gasteiger partial charge in [-0.05, 0) is 11.3 Å². The number of aromatic nitrogens is 4. The van der Waals surface area contributed by atoms with Crippen LogP contribution in [0.4, 0.5) is 15.8 Å². The van der Waals surface area contributed by atoms with Crippen LogP contribution >= 0.6 is 0 Å². The molecule has 0 atom stereocenters. The summed E-state index contributed by atoms with van der Waals surface area (Å²) in [7, 11) is 0. The molecule has 11 nitrogen and oxygen atoms in total. The number of nitro benzene ring substituents is 1. The summed E-state index contributed by atoms with van der Waals surface area (Å²) in [6, 6.07) is 3.16. The maximum atomic E-state index is 13.7. The molecule has 12 heteroatoms. The summed E-state index contributed by atoms with van der Waals surface area (Å²) in [5.41, 5.74) is -2.42. The average molecular weight is 319 g/mol. The van der Waals surface area contributed by atoms with E-state index in [1.165, 1.54) is 0 Å². The van der Waals surface area contributed by atoms with E-state index in [0.29, 0.717) is 6.07 Å². The highest BCUT2D eigenvalue weighted by Gasteiger charge is 2.25. The van der Waals surface area contributed by atoms with Crippen LogP contribution in [0.5, 0.6) is 0 Å². The van der Waals surface area contributed by atoms with Gasteiger partial charge in [-0.3, -0.25) is 10.1 Å². The average Bonchev–Trinajstić information content (AvgIpc) is 3.01. The van der Waals surface area contributed by atoms with Crippen LogP contribution in [0, 0.1) is 27.3 Å². The molecule has 0 aliphatic carbocycles. The molecule has 1 aromatic carbocycles. The highest BCUT2D eigenvalue weighted by atomic mass is 19.1. The predicted octanol–water partition coefficient (Wildman–Crippen LogP) is 0.922. The first-order valence-corrected chi connectivity index (χ1v) is 5.76. The zero-order valence-electron chi connectivity index (χ0n) is 11.0. The number of aromatic amines is 1. The zero-order valence-corrected chi connectivity index (χ0v) is 11.0. The second kappa shape index (κ2) is 6.26. The van der Waals surface area contributed by atoms with Gasteiger partial charge in [0.2, 0.25) is 5.82 Å². The summed E-state index contributed by atoms with van der Waals surface area (Å²) in [6.45, 7) is 0. The Kier molecular flexibility index (Phi) is 4.22. The predicted molar refractivity (Wildman–Crippen MR) is 71.4 cm³/mol. The first kappa shape index (κ1) is 15.5. The van der Waals surface area contributed by atoms with Crippen LogP contribution in [0.15, 0.2) is 18.3 Å². The zero-order chi connectivity index (χ0) is 17.0. The van der Waals surface area contributed by atoms with Gasteiger partial charge in [0.15, 0.2) is 0 Å². The van der Waals surface area contributed by atoms with Gasteiger partial charge in [0.05, 0.1) is 4.92 Å². The summed E-state index contributed by atoms with van der Waals surface area (Å²) in [5.74, 6) is -3.01. The number of hydrogen-bond acceptors (Lipinski definition) is 8. The summed E-state index contributed by atoms with van der Waals surface area (Å²) in [6.07, 6.45) is 0.916. The van der Waals surface area contributed by atoms with E-state index in [9.17, 15) is 19.3 Å². The molecule has 0 fully saturated rings. The van der Waals surface area contributed by atoms with Crippen LogP contribution in [0.25, 0.3) is 5.57 Å². The minimum Gasteiger partial charge on any atom is -0.478 e. The van der Waals surface area contributed by atoms with Gasteiger partial charge in [-0.15, -0.1) is 10.2 Å².